The Kier molecular flexibility index (Phi) is 8.33. The number of anilines is 1. The third kappa shape index (κ3) is 5.94. The van der Waals surface area contributed by atoms with E-state index in [9.17, 15) is 0 Å². The second-order valence-electron chi connectivity index (χ2n) is 6.42. The van der Waals surface area contributed by atoms with Crippen molar-refractivity contribution in [3.63, 3.8) is 0 Å². The molecule has 2 aromatic rings. The number of hydrogen-bond acceptors (Lipinski definition) is 4. The van der Waals surface area contributed by atoms with Gasteiger partial charge in [-0.2, -0.15) is 0 Å². The predicted octanol–water partition coefficient (Wildman–Crippen LogP) is 3.86. The molecule has 3 rings (SSSR count). The molecule has 1 aromatic carbocycles. The van der Waals surface area contributed by atoms with Gasteiger partial charge in [0, 0.05) is 23.7 Å². The lowest BCUT2D eigenvalue weighted by molar-refractivity contribution is -0.0327. The second-order valence-corrected chi connectivity index (χ2v) is 7.40. The lowest BCUT2D eigenvalue weighted by Crippen LogP contribution is -2.44. The minimum Gasteiger partial charge on any atom is -0.376 e. The first-order chi connectivity index (χ1) is 12.1. The van der Waals surface area contributed by atoms with Gasteiger partial charge in [0.2, 0.25) is 0 Å². The third-order valence-electron chi connectivity index (χ3n) is 4.34. The molecule has 5 nitrogen and oxygen atoms in total. The zero-order valence-corrected chi connectivity index (χ0v) is 18.4. The molecular weight excluding hydrogens is 459 g/mol. The van der Waals surface area contributed by atoms with Crippen molar-refractivity contribution in [2.75, 3.05) is 31.6 Å². The molecule has 142 valence electrons. The number of nitrogens with zero attached hydrogens (tertiary/aromatic N) is 2. The summed E-state index contributed by atoms with van der Waals surface area (Å²) < 4.78 is 5.68. The molecule has 0 amide bonds. The van der Waals surface area contributed by atoms with Crippen LogP contribution in [0.5, 0.6) is 0 Å². The monoisotopic (exact) mass is 486 g/mol. The van der Waals surface area contributed by atoms with Gasteiger partial charge < -0.3 is 15.8 Å². The average Bonchev–Trinajstić information content (AvgIpc) is 3.12. The summed E-state index contributed by atoms with van der Waals surface area (Å²) in [4.78, 5) is 8.37. The van der Waals surface area contributed by atoms with Crippen LogP contribution in [0.2, 0.25) is 0 Å². The molecular formula is C19H27IN4OS. The minimum absolute atomic E-state index is 0. The summed E-state index contributed by atoms with van der Waals surface area (Å²) in [5.74, 6) is 0.451. The average molecular weight is 486 g/mol. The standard InChI is InChI=1S/C19H26N4OS.HI/c1-14-5-7-16(8-6-14)22-19(20)21-12-17(18-4-3-11-25-18)23-9-10-24-15(2)13-23;/h3-8,11,15,17H,9-10,12-13H2,1-2H3,(H3,20,21,22);1H. The number of halogens is 1. The van der Waals surface area contributed by atoms with Gasteiger partial charge in [0.1, 0.15) is 0 Å². The molecule has 0 bridgehead atoms. The van der Waals surface area contributed by atoms with Crippen molar-refractivity contribution in [3.05, 3.63) is 52.2 Å². The summed E-state index contributed by atoms with van der Waals surface area (Å²) in [5, 5.41) is 5.28. The Morgan fingerprint density at radius 2 is 2.15 bits per heavy atom. The smallest absolute Gasteiger partial charge is 0.193 e. The summed E-state index contributed by atoms with van der Waals surface area (Å²) in [6.45, 7) is 7.43. The number of ether oxygens (including phenoxy) is 1. The maximum absolute atomic E-state index is 6.10. The van der Waals surface area contributed by atoms with E-state index in [1.54, 1.807) is 11.3 Å². The molecule has 2 unspecified atom stereocenters. The Morgan fingerprint density at radius 3 is 2.81 bits per heavy atom. The molecule has 0 aliphatic carbocycles. The Labute approximate surface area is 176 Å². The zero-order chi connectivity index (χ0) is 17.6. The van der Waals surface area contributed by atoms with Crippen LogP contribution in [0.4, 0.5) is 5.69 Å². The van der Waals surface area contributed by atoms with Crippen molar-refractivity contribution in [2.45, 2.75) is 26.0 Å². The molecule has 26 heavy (non-hydrogen) atoms. The molecule has 1 saturated heterocycles. The van der Waals surface area contributed by atoms with Gasteiger partial charge in [-0.25, -0.2) is 0 Å². The van der Waals surface area contributed by atoms with Gasteiger partial charge in [-0.15, -0.1) is 35.3 Å². The molecule has 1 fully saturated rings. The fraction of sp³-hybridized carbons (Fsp3) is 0.421. The molecule has 0 radical (unpaired) electrons. The van der Waals surface area contributed by atoms with Crippen LogP contribution < -0.4 is 11.1 Å². The van der Waals surface area contributed by atoms with Crippen LogP contribution in [0.1, 0.15) is 23.4 Å². The van der Waals surface area contributed by atoms with E-state index in [-0.39, 0.29) is 36.1 Å². The maximum atomic E-state index is 6.10. The number of nitrogens with one attached hydrogen (secondary N) is 1. The number of thiophene rings is 1. The van der Waals surface area contributed by atoms with Crippen molar-refractivity contribution in [1.82, 2.24) is 4.90 Å². The van der Waals surface area contributed by atoms with Gasteiger partial charge in [-0.3, -0.25) is 9.89 Å². The van der Waals surface area contributed by atoms with Crippen LogP contribution in [-0.4, -0.2) is 43.2 Å². The van der Waals surface area contributed by atoms with Gasteiger partial charge in [-0.05, 0) is 37.4 Å². The first-order valence-electron chi connectivity index (χ1n) is 8.64. The second kappa shape index (κ2) is 10.2. The molecule has 2 heterocycles. The zero-order valence-electron chi connectivity index (χ0n) is 15.2. The lowest BCUT2D eigenvalue weighted by atomic mass is 10.1. The molecule has 1 aromatic heterocycles. The van der Waals surface area contributed by atoms with E-state index in [1.807, 2.05) is 12.1 Å². The lowest BCUT2D eigenvalue weighted by Gasteiger charge is -2.36. The number of aliphatic imine (C=N–C) groups is 1. The Hall–Kier alpha value is -1.16. The highest BCUT2D eigenvalue weighted by molar-refractivity contribution is 14.0. The predicted molar refractivity (Wildman–Crippen MR) is 121 cm³/mol. The van der Waals surface area contributed by atoms with E-state index >= 15 is 0 Å². The van der Waals surface area contributed by atoms with Gasteiger partial charge in [-0.1, -0.05) is 23.8 Å². The SMILES string of the molecule is Cc1ccc(NC(N)=NCC(c2cccs2)N2CCOC(C)C2)cc1.I. The summed E-state index contributed by atoms with van der Waals surface area (Å²) in [6, 6.07) is 12.6. The van der Waals surface area contributed by atoms with Crippen LogP contribution in [0, 0.1) is 6.92 Å². The van der Waals surface area contributed by atoms with Gasteiger partial charge in [0.25, 0.3) is 0 Å². The number of aryl methyl sites for hydroxylation is 1. The fourth-order valence-corrected chi connectivity index (χ4v) is 3.86. The van der Waals surface area contributed by atoms with E-state index in [4.69, 9.17) is 10.5 Å². The van der Waals surface area contributed by atoms with Crippen LogP contribution >= 0.6 is 35.3 Å². The van der Waals surface area contributed by atoms with E-state index in [0.29, 0.717) is 12.5 Å². The van der Waals surface area contributed by atoms with Crippen molar-refractivity contribution >= 4 is 47.0 Å². The van der Waals surface area contributed by atoms with Crippen LogP contribution in [0.15, 0.2) is 46.8 Å². The number of guanidine groups is 1. The van der Waals surface area contributed by atoms with Crippen LogP contribution in [0.3, 0.4) is 0 Å². The largest absolute Gasteiger partial charge is 0.376 e. The third-order valence-corrected chi connectivity index (χ3v) is 5.32. The molecule has 1 aliphatic heterocycles. The summed E-state index contributed by atoms with van der Waals surface area (Å²) in [5.41, 5.74) is 8.28. The van der Waals surface area contributed by atoms with Crippen molar-refractivity contribution < 1.29 is 4.74 Å². The van der Waals surface area contributed by atoms with E-state index in [1.165, 1.54) is 10.4 Å². The van der Waals surface area contributed by atoms with Crippen LogP contribution in [-0.2, 0) is 4.74 Å². The highest BCUT2D eigenvalue weighted by atomic mass is 127. The normalized spacial score (nSPS) is 19.6. The Bertz CT molecular complexity index is 690. The Balaban J connectivity index is 0.00000243. The molecule has 0 saturated carbocycles. The number of hydrogen-bond donors (Lipinski definition) is 2. The summed E-state index contributed by atoms with van der Waals surface area (Å²) in [7, 11) is 0. The Morgan fingerprint density at radius 1 is 1.38 bits per heavy atom. The summed E-state index contributed by atoms with van der Waals surface area (Å²) >= 11 is 1.77. The topological polar surface area (TPSA) is 62.9 Å². The summed E-state index contributed by atoms with van der Waals surface area (Å²) in [6.07, 6.45) is 0.253. The van der Waals surface area contributed by atoms with Crippen molar-refractivity contribution in [2.24, 2.45) is 10.7 Å². The molecule has 2 atom stereocenters. The van der Waals surface area contributed by atoms with Gasteiger partial charge in [0.15, 0.2) is 5.96 Å². The number of rotatable bonds is 5. The molecule has 7 heteroatoms. The van der Waals surface area contributed by atoms with Gasteiger partial charge >= 0.3 is 0 Å². The van der Waals surface area contributed by atoms with E-state index in [2.05, 4.69) is 58.7 Å². The molecule has 3 N–H and O–H groups in total. The minimum atomic E-state index is 0. The highest BCUT2D eigenvalue weighted by Gasteiger charge is 2.26. The van der Waals surface area contributed by atoms with E-state index in [0.717, 1.165) is 25.4 Å². The highest BCUT2D eigenvalue weighted by Crippen LogP contribution is 2.27. The fourth-order valence-electron chi connectivity index (χ4n) is 3.00. The van der Waals surface area contributed by atoms with Crippen molar-refractivity contribution in [3.8, 4) is 0 Å². The van der Waals surface area contributed by atoms with Gasteiger partial charge in [0.05, 0.1) is 25.3 Å². The van der Waals surface area contributed by atoms with E-state index < -0.39 is 0 Å². The maximum Gasteiger partial charge on any atom is 0.193 e. The van der Waals surface area contributed by atoms with Crippen molar-refractivity contribution in [1.29, 1.82) is 0 Å². The first-order valence-corrected chi connectivity index (χ1v) is 9.52. The number of morpholine rings is 1. The number of benzene rings is 1. The first kappa shape index (κ1) is 21.1. The quantitative estimate of drug-likeness (QED) is 0.383. The molecule has 0 spiro atoms. The number of nitrogens with two attached hydrogens (primary N) is 1. The van der Waals surface area contributed by atoms with Crippen LogP contribution in [0.25, 0.3) is 0 Å². The molecule has 1 aliphatic rings.